The highest BCUT2D eigenvalue weighted by Gasteiger charge is 2.29. The molecule has 0 aromatic heterocycles. The lowest BCUT2D eigenvalue weighted by Crippen LogP contribution is -2.22. The zero-order valence-electron chi connectivity index (χ0n) is 12.8. The van der Waals surface area contributed by atoms with E-state index in [2.05, 4.69) is 54.8 Å². The van der Waals surface area contributed by atoms with E-state index in [4.69, 9.17) is 4.74 Å². The number of benzene rings is 2. The van der Waals surface area contributed by atoms with E-state index in [-0.39, 0.29) is 0 Å². The topological polar surface area (TPSA) is 21.3 Å². The van der Waals surface area contributed by atoms with Crippen LogP contribution < -0.4 is 10.1 Å². The summed E-state index contributed by atoms with van der Waals surface area (Å²) in [6.45, 7) is 2.73. The zero-order chi connectivity index (χ0) is 14.7. The Kier molecular flexibility index (Phi) is 4.26. The summed E-state index contributed by atoms with van der Waals surface area (Å²) in [6, 6.07) is 17.7. The molecule has 110 valence electrons. The molecule has 1 N–H and O–H groups in total. The third kappa shape index (κ3) is 2.81. The fourth-order valence-corrected chi connectivity index (χ4v) is 3.50. The molecule has 0 amide bonds. The molecule has 2 aromatic carbocycles. The maximum Gasteiger partial charge on any atom is 0.119 e. The number of hydrogen-bond donors (Lipinski definition) is 1. The highest BCUT2D eigenvalue weighted by atomic mass is 16.5. The van der Waals surface area contributed by atoms with Crippen molar-refractivity contribution in [3.63, 3.8) is 0 Å². The number of likely N-dealkylation sites (N-methyl/N-ethyl adjacent to an activating group) is 1. The van der Waals surface area contributed by atoms with E-state index in [1.54, 1.807) is 0 Å². The summed E-state index contributed by atoms with van der Waals surface area (Å²) in [6.07, 6.45) is 2.40. The summed E-state index contributed by atoms with van der Waals surface area (Å²) in [5, 5.41) is 3.51. The molecule has 2 atom stereocenters. The lowest BCUT2D eigenvalue weighted by molar-refractivity contribution is 0.339. The van der Waals surface area contributed by atoms with E-state index in [0.29, 0.717) is 18.6 Å². The molecule has 1 aliphatic rings. The Morgan fingerprint density at radius 3 is 2.86 bits per heavy atom. The lowest BCUT2D eigenvalue weighted by Gasteiger charge is -2.25. The fourth-order valence-electron chi connectivity index (χ4n) is 3.50. The summed E-state index contributed by atoms with van der Waals surface area (Å²) in [4.78, 5) is 0. The second-order valence-electron chi connectivity index (χ2n) is 5.62. The minimum atomic E-state index is 0.342. The molecule has 0 bridgehead atoms. The number of rotatable bonds is 5. The predicted octanol–water partition coefficient (Wildman–Crippen LogP) is 4.08. The molecule has 2 nitrogen and oxygen atoms in total. The highest BCUT2D eigenvalue weighted by molar-refractivity contribution is 5.39. The number of hydrogen-bond acceptors (Lipinski definition) is 2. The molecule has 0 heterocycles. The molecule has 1 aliphatic carbocycles. The number of fused-ring (bicyclic) bond motifs is 1. The smallest absolute Gasteiger partial charge is 0.119 e. The van der Waals surface area contributed by atoms with Crippen molar-refractivity contribution >= 4 is 0 Å². The van der Waals surface area contributed by atoms with Gasteiger partial charge in [-0.05, 0) is 55.6 Å². The molecule has 2 heteroatoms. The Balaban J connectivity index is 1.91. The van der Waals surface area contributed by atoms with Gasteiger partial charge in [0.1, 0.15) is 5.75 Å². The SMILES string of the molecule is CCOc1cccc(C(NC)C2CCc3ccccc32)c1. The molecule has 0 spiro atoms. The van der Waals surface area contributed by atoms with Crippen molar-refractivity contribution in [2.24, 2.45) is 0 Å². The summed E-state index contributed by atoms with van der Waals surface area (Å²) in [5.74, 6) is 1.50. The second kappa shape index (κ2) is 6.31. The van der Waals surface area contributed by atoms with E-state index in [1.807, 2.05) is 13.0 Å². The van der Waals surface area contributed by atoms with Crippen LogP contribution in [-0.2, 0) is 6.42 Å². The molecule has 2 aromatic rings. The quantitative estimate of drug-likeness (QED) is 0.891. The van der Waals surface area contributed by atoms with Crippen LogP contribution in [0.15, 0.2) is 48.5 Å². The van der Waals surface area contributed by atoms with Crippen LogP contribution in [0.2, 0.25) is 0 Å². The number of ether oxygens (including phenoxy) is 1. The minimum absolute atomic E-state index is 0.342. The summed E-state index contributed by atoms with van der Waals surface area (Å²) in [5.41, 5.74) is 4.31. The second-order valence-corrected chi connectivity index (χ2v) is 5.62. The average molecular weight is 281 g/mol. The van der Waals surface area contributed by atoms with Crippen molar-refractivity contribution in [3.05, 3.63) is 65.2 Å². The average Bonchev–Trinajstić information content (AvgIpc) is 2.93. The van der Waals surface area contributed by atoms with Crippen LogP contribution in [0.3, 0.4) is 0 Å². The van der Waals surface area contributed by atoms with Crippen molar-refractivity contribution in [2.45, 2.75) is 31.7 Å². The highest BCUT2D eigenvalue weighted by Crippen LogP contribution is 2.41. The maximum atomic E-state index is 5.65. The predicted molar refractivity (Wildman–Crippen MR) is 86.9 cm³/mol. The van der Waals surface area contributed by atoms with Gasteiger partial charge in [0.15, 0.2) is 0 Å². The standard InChI is InChI=1S/C19H23NO/c1-3-21-16-9-6-8-15(13-16)19(20-2)18-12-11-14-7-4-5-10-17(14)18/h4-10,13,18-20H,3,11-12H2,1-2H3. The van der Waals surface area contributed by atoms with Gasteiger partial charge in [-0.3, -0.25) is 0 Å². The van der Waals surface area contributed by atoms with Gasteiger partial charge < -0.3 is 10.1 Å². The fraction of sp³-hybridized carbons (Fsp3) is 0.368. The minimum Gasteiger partial charge on any atom is -0.494 e. The largest absolute Gasteiger partial charge is 0.494 e. The van der Waals surface area contributed by atoms with Crippen molar-refractivity contribution in [3.8, 4) is 5.75 Å². The lowest BCUT2D eigenvalue weighted by atomic mass is 9.88. The maximum absolute atomic E-state index is 5.65. The monoisotopic (exact) mass is 281 g/mol. The first-order valence-electron chi connectivity index (χ1n) is 7.81. The van der Waals surface area contributed by atoms with Crippen LogP contribution in [0.4, 0.5) is 0 Å². The Morgan fingerprint density at radius 1 is 1.19 bits per heavy atom. The normalized spacial score (nSPS) is 18.3. The third-order valence-electron chi connectivity index (χ3n) is 4.42. The molecular formula is C19H23NO. The van der Waals surface area contributed by atoms with E-state index in [1.165, 1.54) is 29.5 Å². The van der Waals surface area contributed by atoms with Crippen LogP contribution in [0.5, 0.6) is 5.75 Å². The zero-order valence-corrected chi connectivity index (χ0v) is 12.8. The summed E-state index contributed by atoms with van der Waals surface area (Å²) < 4.78 is 5.65. The van der Waals surface area contributed by atoms with Crippen molar-refractivity contribution in [1.29, 1.82) is 0 Å². The van der Waals surface area contributed by atoms with Crippen molar-refractivity contribution < 1.29 is 4.74 Å². The Bertz CT molecular complexity index is 608. The van der Waals surface area contributed by atoms with E-state index >= 15 is 0 Å². The van der Waals surface area contributed by atoms with Crippen LogP contribution >= 0.6 is 0 Å². The summed E-state index contributed by atoms with van der Waals surface area (Å²) >= 11 is 0. The Hall–Kier alpha value is -1.80. The molecule has 3 rings (SSSR count). The van der Waals surface area contributed by atoms with Gasteiger partial charge in [0.05, 0.1) is 6.61 Å². The van der Waals surface area contributed by atoms with Gasteiger partial charge in [-0.1, -0.05) is 36.4 Å². The Morgan fingerprint density at radius 2 is 2.05 bits per heavy atom. The van der Waals surface area contributed by atoms with E-state index in [0.717, 1.165) is 5.75 Å². The molecular weight excluding hydrogens is 258 g/mol. The third-order valence-corrected chi connectivity index (χ3v) is 4.42. The first-order valence-corrected chi connectivity index (χ1v) is 7.81. The van der Waals surface area contributed by atoms with E-state index < -0.39 is 0 Å². The Labute approximate surface area is 127 Å². The first-order chi connectivity index (χ1) is 10.3. The molecule has 0 fully saturated rings. The van der Waals surface area contributed by atoms with Crippen molar-refractivity contribution in [1.82, 2.24) is 5.32 Å². The molecule has 0 saturated heterocycles. The van der Waals surface area contributed by atoms with Gasteiger partial charge in [-0.2, -0.15) is 0 Å². The van der Waals surface area contributed by atoms with Gasteiger partial charge in [0.25, 0.3) is 0 Å². The van der Waals surface area contributed by atoms with Gasteiger partial charge in [0, 0.05) is 12.0 Å². The van der Waals surface area contributed by atoms with Gasteiger partial charge in [0.2, 0.25) is 0 Å². The summed E-state index contributed by atoms with van der Waals surface area (Å²) in [7, 11) is 2.05. The van der Waals surface area contributed by atoms with Crippen molar-refractivity contribution in [2.75, 3.05) is 13.7 Å². The first kappa shape index (κ1) is 14.2. The van der Waals surface area contributed by atoms with Crippen LogP contribution in [0.1, 0.15) is 42.0 Å². The molecule has 0 saturated carbocycles. The van der Waals surface area contributed by atoms with Crippen LogP contribution in [-0.4, -0.2) is 13.7 Å². The van der Waals surface area contributed by atoms with Crippen LogP contribution in [0, 0.1) is 0 Å². The van der Waals surface area contributed by atoms with E-state index in [9.17, 15) is 0 Å². The van der Waals surface area contributed by atoms with Crippen LogP contribution in [0.25, 0.3) is 0 Å². The van der Waals surface area contributed by atoms with Gasteiger partial charge in [-0.25, -0.2) is 0 Å². The van der Waals surface area contributed by atoms with Gasteiger partial charge >= 0.3 is 0 Å². The molecule has 0 radical (unpaired) electrons. The molecule has 0 aliphatic heterocycles. The number of aryl methyl sites for hydroxylation is 1. The molecule has 21 heavy (non-hydrogen) atoms. The molecule has 2 unspecified atom stereocenters. The number of nitrogens with one attached hydrogen (secondary N) is 1. The van der Waals surface area contributed by atoms with Gasteiger partial charge in [-0.15, -0.1) is 0 Å².